The summed E-state index contributed by atoms with van der Waals surface area (Å²) in [5.74, 6) is -1.45. The van der Waals surface area contributed by atoms with Crippen LogP contribution in [0.2, 0.25) is 0 Å². The van der Waals surface area contributed by atoms with Gasteiger partial charge in [0.1, 0.15) is 0 Å². The van der Waals surface area contributed by atoms with Crippen molar-refractivity contribution in [1.82, 2.24) is 0 Å². The normalized spacial score (nSPS) is 10.2. The maximum absolute atomic E-state index is 12.2. The van der Waals surface area contributed by atoms with Crippen molar-refractivity contribution in [1.29, 1.82) is 0 Å². The summed E-state index contributed by atoms with van der Waals surface area (Å²) in [6, 6.07) is 9.42. The number of nitrogens with two attached hydrogens (primary N) is 4. The van der Waals surface area contributed by atoms with E-state index in [-0.39, 0.29) is 33.9 Å². The van der Waals surface area contributed by atoms with E-state index < -0.39 is 11.6 Å². The molecular formula is C14H14N4O2. The molecule has 0 fully saturated rings. The molecule has 6 nitrogen and oxygen atoms in total. The number of benzene rings is 2. The highest BCUT2D eigenvalue weighted by Crippen LogP contribution is 2.32. The molecule has 0 aromatic heterocycles. The summed E-state index contributed by atoms with van der Waals surface area (Å²) in [6.45, 7) is 0. The van der Waals surface area contributed by atoms with Crippen molar-refractivity contribution in [2.45, 2.75) is 0 Å². The van der Waals surface area contributed by atoms with Crippen LogP contribution in [0.4, 0.5) is 22.7 Å². The highest BCUT2D eigenvalue weighted by atomic mass is 16.2. The van der Waals surface area contributed by atoms with Crippen molar-refractivity contribution >= 4 is 34.3 Å². The molecule has 0 unspecified atom stereocenters. The summed E-state index contributed by atoms with van der Waals surface area (Å²) < 4.78 is 0. The van der Waals surface area contributed by atoms with Gasteiger partial charge in [0.2, 0.25) is 11.6 Å². The third-order valence-corrected chi connectivity index (χ3v) is 2.97. The molecule has 0 aliphatic heterocycles. The van der Waals surface area contributed by atoms with Gasteiger partial charge in [-0.05, 0) is 6.07 Å². The van der Waals surface area contributed by atoms with Crippen LogP contribution < -0.4 is 22.9 Å². The van der Waals surface area contributed by atoms with E-state index in [9.17, 15) is 9.59 Å². The van der Waals surface area contributed by atoms with Crippen LogP contribution in [-0.2, 0) is 0 Å². The Morgan fingerprint density at radius 3 is 1.95 bits per heavy atom. The summed E-state index contributed by atoms with van der Waals surface area (Å²) in [6.07, 6.45) is 0. The van der Waals surface area contributed by atoms with Crippen molar-refractivity contribution in [3.63, 3.8) is 0 Å². The molecule has 2 aromatic carbocycles. The zero-order chi connectivity index (χ0) is 14.9. The molecule has 20 heavy (non-hydrogen) atoms. The lowest BCUT2D eigenvalue weighted by Gasteiger charge is -2.11. The van der Waals surface area contributed by atoms with Crippen LogP contribution in [0.25, 0.3) is 0 Å². The molecule has 102 valence electrons. The van der Waals surface area contributed by atoms with Gasteiger partial charge in [0, 0.05) is 5.56 Å². The van der Waals surface area contributed by atoms with Gasteiger partial charge in [-0.1, -0.05) is 30.3 Å². The van der Waals surface area contributed by atoms with Gasteiger partial charge in [-0.15, -0.1) is 0 Å². The Balaban J connectivity index is 2.48. The lowest BCUT2D eigenvalue weighted by molar-refractivity contribution is 0.0817. The van der Waals surface area contributed by atoms with Gasteiger partial charge in [-0.2, -0.15) is 0 Å². The van der Waals surface area contributed by atoms with Crippen LogP contribution >= 0.6 is 0 Å². The smallest absolute Gasteiger partial charge is 0.235 e. The third-order valence-electron chi connectivity index (χ3n) is 2.97. The average molecular weight is 270 g/mol. The number of rotatable bonds is 3. The van der Waals surface area contributed by atoms with Gasteiger partial charge in [0.25, 0.3) is 0 Å². The fraction of sp³-hybridized carbons (Fsp3) is 0. The zero-order valence-corrected chi connectivity index (χ0v) is 10.6. The van der Waals surface area contributed by atoms with Gasteiger partial charge < -0.3 is 22.9 Å². The molecule has 2 rings (SSSR count). The third kappa shape index (κ3) is 2.14. The predicted octanol–water partition coefficient (Wildman–Crippen LogP) is 1.08. The van der Waals surface area contributed by atoms with E-state index in [1.54, 1.807) is 30.3 Å². The predicted molar refractivity (Wildman–Crippen MR) is 79.2 cm³/mol. The molecule has 0 atom stereocenters. The lowest BCUT2D eigenvalue weighted by Crippen LogP contribution is -2.18. The maximum Gasteiger partial charge on any atom is 0.235 e. The fourth-order valence-corrected chi connectivity index (χ4v) is 1.79. The van der Waals surface area contributed by atoms with E-state index in [1.165, 1.54) is 6.07 Å². The SMILES string of the molecule is Nc1cc(C(=O)C(=O)c2ccccc2)c(N)c(N)c1N. The molecular weight excluding hydrogens is 256 g/mol. The molecule has 0 aliphatic rings. The first kappa shape index (κ1) is 13.4. The number of carbonyl (C=O) groups excluding carboxylic acids is 2. The fourth-order valence-electron chi connectivity index (χ4n) is 1.79. The molecule has 2 aromatic rings. The Kier molecular flexibility index (Phi) is 3.30. The van der Waals surface area contributed by atoms with Gasteiger partial charge >= 0.3 is 0 Å². The van der Waals surface area contributed by atoms with Gasteiger partial charge in [-0.25, -0.2) is 0 Å². The number of nitrogen functional groups attached to an aromatic ring is 4. The van der Waals surface area contributed by atoms with Crippen molar-refractivity contribution < 1.29 is 9.59 Å². The average Bonchev–Trinajstić information content (AvgIpc) is 2.48. The number of hydrogen-bond donors (Lipinski definition) is 4. The molecule has 8 N–H and O–H groups in total. The number of hydrogen-bond acceptors (Lipinski definition) is 6. The highest BCUT2D eigenvalue weighted by Gasteiger charge is 2.23. The Morgan fingerprint density at radius 1 is 0.750 bits per heavy atom. The molecule has 6 heteroatoms. The van der Waals surface area contributed by atoms with Crippen molar-refractivity contribution in [3.8, 4) is 0 Å². The second kappa shape index (κ2) is 4.93. The van der Waals surface area contributed by atoms with Gasteiger partial charge in [0.15, 0.2) is 0 Å². The van der Waals surface area contributed by atoms with Gasteiger partial charge in [0.05, 0.1) is 28.3 Å². The van der Waals surface area contributed by atoms with E-state index in [0.717, 1.165) is 0 Å². The Labute approximate surface area is 115 Å². The quantitative estimate of drug-likeness (QED) is 0.374. The Bertz CT molecular complexity index is 696. The lowest BCUT2D eigenvalue weighted by atomic mass is 9.98. The first-order valence-electron chi connectivity index (χ1n) is 5.80. The Morgan fingerprint density at radius 2 is 1.35 bits per heavy atom. The number of carbonyl (C=O) groups is 2. The molecule has 0 aliphatic carbocycles. The van der Waals surface area contributed by atoms with Crippen molar-refractivity contribution in [2.75, 3.05) is 22.9 Å². The number of Topliss-reactive ketones (excluding diaryl/α,β-unsaturated/α-hetero) is 2. The topological polar surface area (TPSA) is 138 Å². The van der Waals surface area contributed by atoms with Crippen molar-refractivity contribution in [2.24, 2.45) is 0 Å². The number of anilines is 4. The minimum absolute atomic E-state index is 0.00853. The van der Waals surface area contributed by atoms with Crippen LogP contribution in [0.3, 0.4) is 0 Å². The van der Waals surface area contributed by atoms with Crippen LogP contribution in [0, 0.1) is 0 Å². The molecule has 0 bridgehead atoms. The van der Waals surface area contributed by atoms with E-state index >= 15 is 0 Å². The van der Waals surface area contributed by atoms with Crippen molar-refractivity contribution in [3.05, 3.63) is 47.5 Å². The molecule has 0 amide bonds. The standard InChI is InChI=1S/C14H14N4O2/c15-9-6-8(10(16)12(18)11(9)17)14(20)13(19)7-4-2-1-3-5-7/h1-6H,15-18H2. The first-order chi connectivity index (χ1) is 9.43. The highest BCUT2D eigenvalue weighted by molar-refractivity contribution is 6.50. The van der Waals surface area contributed by atoms with E-state index in [0.29, 0.717) is 0 Å². The Hall–Kier alpha value is -3.02. The van der Waals surface area contributed by atoms with E-state index in [4.69, 9.17) is 22.9 Å². The molecule has 0 saturated heterocycles. The van der Waals surface area contributed by atoms with E-state index in [1.807, 2.05) is 0 Å². The van der Waals surface area contributed by atoms with E-state index in [2.05, 4.69) is 0 Å². The number of ketones is 2. The van der Waals surface area contributed by atoms with Crippen LogP contribution in [0.15, 0.2) is 36.4 Å². The van der Waals surface area contributed by atoms with Gasteiger partial charge in [-0.3, -0.25) is 9.59 Å². The summed E-state index contributed by atoms with van der Waals surface area (Å²) in [5, 5.41) is 0. The molecule has 0 spiro atoms. The van der Waals surface area contributed by atoms with Crippen LogP contribution in [-0.4, -0.2) is 11.6 Å². The summed E-state index contributed by atoms with van der Waals surface area (Å²) in [5.41, 5.74) is 23.1. The molecule has 0 radical (unpaired) electrons. The monoisotopic (exact) mass is 270 g/mol. The first-order valence-corrected chi connectivity index (χ1v) is 5.80. The minimum Gasteiger partial charge on any atom is -0.397 e. The van der Waals surface area contributed by atoms with Crippen LogP contribution in [0.1, 0.15) is 20.7 Å². The second-order valence-corrected chi connectivity index (χ2v) is 4.28. The minimum atomic E-state index is -0.771. The second-order valence-electron chi connectivity index (χ2n) is 4.28. The maximum atomic E-state index is 12.2. The largest absolute Gasteiger partial charge is 0.397 e. The molecule has 0 heterocycles. The zero-order valence-electron chi connectivity index (χ0n) is 10.6. The van der Waals surface area contributed by atoms with Crippen LogP contribution in [0.5, 0.6) is 0 Å². The molecule has 0 saturated carbocycles. The summed E-state index contributed by atoms with van der Waals surface area (Å²) >= 11 is 0. The summed E-state index contributed by atoms with van der Waals surface area (Å²) in [4.78, 5) is 24.3. The summed E-state index contributed by atoms with van der Waals surface area (Å²) in [7, 11) is 0.